The van der Waals surface area contributed by atoms with E-state index < -0.39 is 5.97 Å². The molecular formula is C30H34N2O6S. The van der Waals surface area contributed by atoms with Gasteiger partial charge in [0, 0.05) is 4.88 Å². The molecule has 206 valence electrons. The zero-order valence-electron chi connectivity index (χ0n) is 23.1. The van der Waals surface area contributed by atoms with Gasteiger partial charge in [-0.05, 0) is 66.0 Å². The van der Waals surface area contributed by atoms with E-state index in [1.54, 1.807) is 35.6 Å². The molecule has 0 unspecified atom stereocenters. The highest BCUT2D eigenvalue weighted by atomic mass is 32.1. The molecule has 2 N–H and O–H groups in total. The monoisotopic (exact) mass is 550 g/mol. The lowest BCUT2D eigenvalue weighted by Gasteiger charge is -2.34. The van der Waals surface area contributed by atoms with E-state index in [4.69, 9.17) is 18.9 Å². The number of carbonyl (C=O) groups is 2. The molecule has 1 aliphatic heterocycles. The van der Waals surface area contributed by atoms with Crippen molar-refractivity contribution in [3.8, 4) is 23.0 Å². The largest absolute Gasteiger partial charge is 0.493 e. The summed E-state index contributed by atoms with van der Waals surface area (Å²) in [5.74, 6) is 1.50. The maximum Gasteiger partial charge on any atom is 0.343 e. The fourth-order valence-electron chi connectivity index (χ4n) is 5.30. The van der Waals surface area contributed by atoms with Gasteiger partial charge in [0.1, 0.15) is 16.9 Å². The van der Waals surface area contributed by atoms with Crippen LogP contribution in [0.25, 0.3) is 0 Å². The quantitative estimate of drug-likeness (QED) is 0.287. The van der Waals surface area contributed by atoms with Crippen LogP contribution >= 0.6 is 11.3 Å². The highest BCUT2D eigenvalue weighted by Crippen LogP contribution is 2.46. The number of hydrogen-bond acceptors (Lipinski definition) is 8. The van der Waals surface area contributed by atoms with E-state index in [0.29, 0.717) is 28.9 Å². The number of rotatable bonds is 6. The van der Waals surface area contributed by atoms with Crippen molar-refractivity contribution in [1.82, 2.24) is 5.32 Å². The molecular weight excluding hydrogens is 516 g/mol. The average molecular weight is 551 g/mol. The Hall–Kier alpha value is -3.72. The molecule has 2 atom stereocenters. The Balaban J connectivity index is 1.30. The van der Waals surface area contributed by atoms with Gasteiger partial charge in [0.05, 0.1) is 32.5 Å². The van der Waals surface area contributed by atoms with Crippen molar-refractivity contribution in [2.75, 3.05) is 26.6 Å². The number of anilines is 1. The molecule has 5 rings (SSSR count). The topological polar surface area (TPSA) is 95.1 Å². The van der Waals surface area contributed by atoms with Crippen molar-refractivity contribution >= 4 is 28.2 Å². The van der Waals surface area contributed by atoms with Crippen molar-refractivity contribution in [1.29, 1.82) is 0 Å². The molecule has 2 aliphatic rings. The van der Waals surface area contributed by atoms with Gasteiger partial charge in [0.25, 0.3) is 5.91 Å². The summed E-state index contributed by atoms with van der Waals surface area (Å²) < 4.78 is 21.6. The first kappa shape index (κ1) is 26.9. The number of hydrogen-bond donors (Lipinski definition) is 2. The van der Waals surface area contributed by atoms with Crippen LogP contribution in [0.3, 0.4) is 0 Å². The molecule has 2 aromatic carbocycles. The van der Waals surface area contributed by atoms with Crippen LogP contribution in [-0.4, -0.2) is 33.2 Å². The molecule has 0 spiro atoms. The average Bonchev–Trinajstić information content (AvgIpc) is 3.30. The normalized spacial score (nSPS) is 18.3. The van der Waals surface area contributed by atoms with Crippen LogP contribution in [0.2, 0.25) is 0 Å². The molecule has 8 nitrogen and oxygen atoms in total. The van der Waals surface area contributed by atoms with Crippen molar-refractivity contribution in [2.45, 2.75) is 46.2 Å². The van der Waals surface area contributed by atoms with Gasteiger partial charge in [-0.2, -0.15) is 0 Å². The lowest BCUT2D eigenvalue weighted by molar-refractivity contribution is 0.0733. The van der Waals surface area contributed by atoms with Gasteiger partial charge in [-0.3, -0.25) is 4.79 Å². The van der Waals surface area contributed by atoms with E-state index >= 15 is 0 Å². The minimum absolute atomic E-state index is 0.0432. The second-order valence-electron chi connectivity index (χ2n) is 10.9. The Morgan fingerprint density at radius 1 is 0.974 bits per heavy atom. The zero-order chi connectivity index (χ0) is 27.9. The molecule has 0 saturated carbocycles. The highest BCUT2D eigenvalue weighted by Gasteiger charge is 2.36. The number of benzene rings is 2. The van der Waals surface area contributed by atoms with Gasteiger partial charge < -0.3 is 29.6 Å². The predicted molar refractivity (Wildman–Crippen MR) is 151 cm³/mol. The molecule has 39 heavy (non-hydrogen) atoms. The molecule has 1 aromatic heterocycles. The Morgan fingerprint density at radius 2 is 1.64 bits per heavy atom. The van der Waals surface area contributed by atoms with Gasteiger partial charge in [0.15, 0.2) is 11.5 Å². The number of carbonyl (C=O) groups excluding carboxylic acids is 2. The highest BCUT2D eigenvalue weighted by molar-refractivity contribution is 7.16. The van der Waals surface area contributed by atoms with Crippen LogP contribution in [-0.2, 0) is 12.8 Å². The standard InChI is InChI=1S/C30H34N2O6S/c1-30(2,3)18-9-12-20-23(15-18)39-28-24(20)27(33)31-26(32-28)16-7-10-19(11-8-16)38-29(34)17-13-21(35-4)25(37-6)22(14-17)36-5/h7-8,10-11,13-14,18,26,32H,9,12,15H2,1-6H3,(H,31,33)/t18-,26+/m1/s1. The van der Waals surface area contributed by atoms with E-state index in [0.717, 1.165) is 35.4 Å². The molecule has 1 amide bonds. The van der Waals surface area contributed by atoms with Gasteiger partial charge in [-0.25, -0.2) is 4.79 Å². The Labute approximate surface area is 232 Å². The van der Waals surface area contributed by atoms with Crippen molar-refractivity contribution in [3.05, 3.63) is 63.5 Å². The summed E-state index contributed by atoms with van der Waals surface area (Å²) in [4.78, 5) is 27.3. The van der Waals surface area contributed by atoms with Crippen LogP contribution < -0.4 is 29.6 Å². The summed E-state index contributed by atoms with van der Waals surface area (Å²) in [6, 6.07) is 10.2. The van der Waals surface area contributed by atoms with Crippen LogP contribution in [0.4, 0.5) is 5.00 Å². The first-order chi connectivity index (χ1) is 18.6. The Morgan fingerprint density at radius 3 is 2.23 bits per heavy atom. The molecule has 0 saturated heterocycles. The summed E-state index contributed by atoms with van der Waals surface area (Å²) in [5, 5.41) is 7.55. The van der Waals surface area contributed by atoms with Gasteiger partial charge in [-0.1, -0.05) is 32.9 Å². The van der Waals surface area contributed by atoms with Gasteiger partial charge in [0.2, 0.25) is 5.75 Å². The smallest absolute Gasteiger partial charge is 0.343 e. The van der Waals surface area contributed by atoms with Gasteiger partial charge in [-0.15, -0.1) is 11.3 Å². The molecule has 3 aromatic rings. The third-order valence-electron chi connectivity index (χ3n) is 7.59. The maximum atomic E-state index is 13.2. The van der Waals surface area contributed by atoms with E-state index in [1.807, 2.05) is 12.1 Å². The fourth-order valence-corrected chi connectivity index (χ4v) is 6.65. The summed E-state index contributed by atoms with van der Waals surface area (Å²) in [6.07, 6.45) is 2.69. The molecule has 0 bridgehead atoms. The molecule has 9 heteroatoms. The number of esters is 1. The number of fused-ring (bicyclic) bond motifs is 3. The number of amides is 1. The SMILES string of the molecule is COc1cc(C(=O)Oc2ccc([C@H]3NC(=O)c4c(sc5c4CC[C@@H](C(C)(C)C)C5)N3)cc2)cc(OC)c1OC. The second kappa shape index (κ2) is 10.4. The van der Waals surface area contributed by atoms with Crippen LogP contribution in [0.1, 0.15) is 70.1 Å². The Kier molecular flexibility index (Phi) is 7.20. The molecule has 0 radical (unpaired) electrons. The lowest BCUT2D eigenvalue weighted by Crippen LogP contribution is -2.38. The van der Waals surface area contributed by atoms with E-state index in [-0.39, 0.29) is 23.1 Å². The summed E-state index contributed by atoms with van der Waals surface area (Å²) in [6.45, 7) is 6.88. The number of nitrogens with one attached hydrogen (secondary N) is 2. The van der Waals surface area contributed by atoms with Gasteiger partial charge >= 0.3 is 5.97 Å². The minimum atomic E-state index is -0.562. The summed E-state index contributed by atoms with van der Waals surface area (Å²) >= 11 is 1.71. The fraction of sp³-hybridized carbons (Fsp3) is 0.400. The summed E-state index contributed by atoms with van der Waals surface area (Å²) in [7, 11) is 4.47. The second-order valence-corrected chi connectivity index (χ2v) is 12.0. The first-order valence-electron chi connectivity index (χ1n) is 13.0. The van der Waals surface area contributed by atoms with E-state index in [1.165, 1.54) is 31.8 Å². The molecule has 1 aliphatic carbocycles. The van der Waals surface area contributed by atoms with E-state index in [2.05, 4.69) is 31.4 Å². The van der Waals surface area contributed by atoms with Crippen LogP contribution in [0.15, 0.2) is 36.4 Å². The third-order valence-corrected chi connectivity index (χ3v) is 8.78. The van der Waals surface area contributed by atoms with Crippen molar-refractivity contribution in [2.24, 2.45) is 11.3 Å². The van der Waals surface area contributed by atoms with Crippen molar-refractivity contribution < 1.29 is 28.5 Å². The third kappa shape index (κ3) is 5.15. The molecule has 2 heterocycles. The van der Waals surface area contributed by atoms with Crippen LogP contribution in [0, 0.1) is 11.3 Å². The first-order valence-corrected chi connectivity index (χ1v) is 13.8. The lowest BCUT2D eigenvalue weighted by atomic mass is 9.72. The number of thiophene rings is 1. The van der Waals surface area contributed by atoms with Crippen LogP contribution in [0.5, 0.6) is 23.0 Å². The van der Waals surface area contributed by atoms with Crippen molar-refractivity contribution in [3.63, 3.8) is 0 Å². The summed E-state index contributed by atoms with van der Waals surface area (Å²) in [5.41, 5.74) is 3.37. The molecule has 0 fully saturated rings. The van der Waals surface area contributed by atoms with E-state index in [9.17, 15) is 9.59 Å². The maximum absolute atomic E-state index is 13.2. The predicted octanol–water partition coefficient (Wildman–Crippen LogP) is 6.00. The number of ether oxygens (including phenoxy) is 4. The Bertz CT molecular complexity index is 1380. The zero-order valence-corrected chi connectivity index (χ0v) is 23.9. The number of methoxy groups -OCH3 is 3. The minimum Gasteiger partial charge on any atom is -0.493 e.